The Kier molecular flexibility index (Phi) is 7.05. The van der Waals surface area contributed by atoms with Crippen LogP contribution in [0.5, 0.6) is 0 Å². The van der Waals surface area contributed by atoms with Crippen molar-refractivity contribution in [2.24, 2.45) is 0 Å². The molecule has 0 unspecified atom stereocenters. The van der Waals surface area contributed by atoms with E-state index in [2.05, 4.69) is 206 Å². The first kappa shape index (κ1) is 34.1. The molecular formula is C56H32N6. The maximum atomic E-state index is 11.2. The second kappa shape index (κ2) is 12.8. The van der Waals surface area contributed by atoms with Crippen LogP contribution in [0.2, 0.25) is 0 Å². The smallest absolute Gasteiger partial charge is 0.103 e. The van der Waals surface area contributed by atoms with Crippen molar-refractivity contribution in [3.05, 3.63) is 205 Å². The molecule has 0 fully saturated rings. The molecule has 4 aromatic heterocycles. The third kappa shape index (κ3) is 4.45. The molecule has 0 aliphatic heterocycles. The second-order valence-electron chi connectivity index (χ2n) is 15.9. The maximum Gasteiger partial charge on any atom is 0.103 e. The summed E-state index contributed by atoms with van der Waals surface area (Å²) in [6, 6.07) is 72.9. The number of para-hydroxylation sites is 6. The van der Waals surface area contributed by atoms with Crippen molar-refractivity contribution in [3.63, 3.8) is 0 Å². The lowest BCUT2D eigenvalue weighted by Crippen LogP contribution is -2.07. The fourth-order valence-corrected chi connectivity index (χ4v) is 10.4. The standard InChI is InChI=1S/C56H32N6/c57-33-35-27-28-51(61-45-25-13-9-21-40(45)54-49(61)31-29-47-52(54)38-19-7-11-23-43(38)59(47)36-15-3-1-4-16-36)56(42(35)34-58)62-46-26-14-10-22-41(46)55-50(62)32-30-48-53(55)39-20-8-12-24-44(39)60(48)37-17-5-2-6-18-37/h1-32H. The lowest BCUT2D eigenvalue weighted by Gasteiger charge is -2.19. The summed E-state index contributed by atoms with van der Waals surface area (Å²) in [7, 11) is 0. The number of rotatable bonds is 4. The van der Waals surface area contributed by atoms with Crippen LogP contribution in [0.25, 0.3) is 110 Å². The Morgan fingerprint density at radius 3 is 1.06 bits per heavy atom. The van der Waals surface area contributed by atoms with Gasteiger partial charge in [-0.2, -0.15) is 10.5 Å². The van der Waals surface area contributed by atoms with Crippen molar-refractivity contribution in [2.75, 3.05) is 0 Å². The first-order chi connectivity index (χ1) is 30.7. The molecular weight excluding hydrogens is 757 g/mol. The van der Waals surface area contributed by atoms with Crippen molar-refractivity contribution >= 4 is 87.2 Å². The SMILES string of the molecule is N#Cc1ccc(-n2c3ccccc3c3c4c5ccccc5n(-c5ccccc5)c4ccc32)c(-n2c3ccccc3c3c4c5ccccc5n(-c5ccccc5)c4ccc32)c1C#N. The summed E-state index contributed by atoms with van der Waals surface area (Å²) in [4.78, 5) is 0. The molecule has 0 amide bonds. The van der Waals surface area contributed by atoms with E-state index in [-0.39, 0.29) is 0 Å². The summed E-state index contributed by atoms with van der Waals surface area (Å²) < 4.78 is 9.22. The zero-order valence-corrected chi connectivity index (χ0v) is 33.2. The van der Waals surface area contributed by atoms with Crippen molar-refractivity contribution in [1.82, 2.24) is 18.3 Å². The normalized spacial score (nSPS) is 11.8. The molecule has 13 aromatic rings. The Hall–Kier alpha value is -8.84. The maximum absolute atomic E-state index is 11.2. The van der Waals surface area contributed by atoms with Gasteiger partial charge in [0.15, 0.2) is 0 Å². The van der Waals surface area contributed by atoms with E-state index in [9.17, 15) is 10.5 Å². The van der Waals surface area contributed by atoms with Gasteiger partial charge in [0.05, 0.1) is 66.6 Å². The number of hydrogen-bond acceptors (Lipinski definition) is 2. The van der Waals surface area contributed by atoms with Crippen LogP contribution in [0.15, 0.2) is 194 Å². The van der Waals surface area contributed by atoms with Crippen LogP contribution in [-0.2, 0) is 0 Å². The Bertz CT molecular complexity index is 4110. The van der Waals surface area contributed by atoms with E-state index in [0.29, 0.717) is 16.8 Å². The van der Waals surface area contributed by atoms with E-state index in [1.807, 2.05) is 12.1 Å². The molecule has 0 N–H and O–H groups in total. The van der Waals surface area contributed by atoms with Gasteiger partial charge in [0.1, 0.15) is 12.1 Å². The first-order valence-corrected chi connectivity index (χ1v) is 20.7. The highest BCUT2D eigenvalue weighted by molar-refractivity contribution is 6.30. The van der Waals surface area contributed by atoms with Gasteiger partial charge in [-0.05, 0) is 84.9 Å². The molecule has 0 bridgehead atoms. The average molecular weight is 789 g/mol. The second-order valence-corrected chi connectivity index (χ2v) is 15.9. The Morgan fingerprint density at radius 2 is 0.645 bits per heavy atom. The van der Waals surface area contributed by atoms with Gasteiger partial charge in [-0.3, -0.25) is 0 Å². The van der Waals surface area contributed by atoms with Gasteiger partial charge in [-0.15, -0.1) is 0 Å². The number of fused-ring (bicyclic) bond motifs is 14. The summed E-state index contributed by atoms with van der Waals surface area (Å²) in [6.45, 7) is 0. The van der Waals surface area contributed by atoms with Crippen LogP contribution in [0.1, 0.15) is 11.1 Å². The highest BCUT2D eigenvalue weighted by Crippen LogP contribution is 2.46. The number of benzene rings is 9. The van der Waals surface area contributed by atoms with Gasteiger partial charge in [0.25, 0.3) is 0 Å². The lowest BCUT2D eigenvalue weighted by molar-refractivity contribution is 1.08. The predicted molar refractivity (Wildman–Crippen MR) is 253 cm³/mol. The van der Waals surface area contributed by atoms with E-state index in [4.69, 9.17) is 0 Å². The van der Waals surface area contributed by atoms with Gasteiger partial charge in [-0.1, -0.05) is 109 Å². The van der Waals surface area contributed by atoms with Crippen LogP contribution in [0.3, 0.4) is 0 Å². The van der Waals surface area contributed by atoms with Crippen LogP contribution in [0.4, 0.5) is 0 Å². The fraction of sp³-hybridized carbons (Fsp3) is 0. The monoisotopic (exact) mass is 788 g/mol. The predicted octanol–water partition coefficient (Wildman–Crippen LogP) is 13.8. The number of nitrogens with zero attached hydrogens (tertiary/aromatic N) is 6. The molecule has 62 heavy (non-hydrogen) atoms. The number of nitriles is 2. The van der Waals surface area contributed by atoms with Gasteiger partial charge in [0, 0.05) is 54.5 Å². The van der Waals surface area contributed by atoms with Crippen LogP contribution in [0, 0.1) is 22.7 Å². The zero-order chi connectivity index (χ0) is 41.1. The first-order valence-electron chi connectivity index (χ1n) is 20.7. The molecule has 9 aromatic carbocycles. The largest absolute Gasteiger partial charge is 0.309 e. The minimum absolute atomic E-state index is 0.326. The Labute approximate surface area is 354 Å². The molecule has 0 aliphatic rings. The quantitative estimate of drug-likeness (QED) is 0.178. The molecule has 0 radical (unpaired) electrons. The Morgan fingerprint density at radius 1 is 0.290 bits per heavy atom. The molecule has 0 spiro atoms. The van der Waals surface area contributed by atoms with Crippen molar-refractivity contribution < 1.29 is 0 Å². The van der Waals surface area contributed by atoms with E-state index in [1.54, 1.807) is 6.07 Å². The van der Waals surface area contributed by atoms with Crippen LogP contribution in [-0.4, -0.2) is 18.3 Å². The highest BCUT2D eigenvalue weighted by Gasteiger charge is 2.27. The van der Waals surface area contributed by atoms with Crippen molar-refractivity contribution in [3.8, 4) is 34.9 Å². The number of aromatic nitrogens is 4. The minimum atomic E-state index is 0.326. The molecule has 0 aliphatic carbocycles. The summed E-state index contributed by atoms with van der Waals surface area (Å²) in [5.74, 6) is 0. The molecule has 0 atom stereocenters. The van der Waals surface area contributed by atoms with Gasteiger partial charge in [-0.25, -0.2) is 0 Å². The molecule has 0 saturated carbocycles. The summed E-state index contributed by atoms with van der Waals surface area (Å²) >= 11 is 0. The fourth-order valence-electron chi connectivity index (χ4n) is 10.4. The molecule has 13 rings (SSSR count). The van der Waals surface area contributed by atoms with Gasteiger partial charge in [0.2, 0.25) is 0 Å². The van der Waals surface area contributed by atoms with Crippen LogP contribution < -0.4 is 0 Å². The average Bonchev–Trinajstić information content (AvgIpc) is 4.06. The van der Waals surface area contributed by atoms with E-state index >= 15 is 0 Å². The molecule has 0 saturated heterocycles. The lowest BCUT2D eigenvalue weighted by atomic mass is 10.0. The Balaban J connectivity index is 1.19. The summed E-state index contributed by atoms with van der Waals surface area (Å²) in [6.07, 6.45) is 0. The minimum Gasteiger partial charge on any atom is -0.309 e. The summed E-state index contributed by atoms with van der Waals surface area (Å²) in [5, 5.41) is 30.9. The highest BCUT2D eigenvalue weighted by atomic mass is 15.1. The molecule has 286 valence electrons. The molecule has 6 heteroatoms. The number of hydrogen-bond donors (Lipinski definition) is 0. The topological polar surface area (TPSA) is 67.3 Å². The third-order valence-corrected chi connectivity index (χ3v) is 12.8. The van der Waals surface area contributed by atoms with E-state index in [0.717, 1.165) is 93.5 Å². The third-order valence-electron chi connectivity index (χ3n) is 12.8. The summed E-state index contributed by atoms with van der Waals surface area (Å²) in [5.41, 5.74) is 12.7. The van der Waals surface area contributed by atoms with E-state index < -0.39 is 0 Å². The van der Waals surface area contributed by atoms with Gasteiger partial charge >= 0.3 is 0 Å². The molecule has 4 heterocycles. The van der Waals surface area contributed by atoms with Crippen molar-refractivity contribution in [1.29, 1.82) is 10.5 Å². The van der Waals surface area contributed by atoms with E-state index in [1.165, 1.54) is 10.8 Å². The molecule has 6 nitrogen and oxygen atoms in total. The van der Waals surface area contributed by atoms with Crippen molar-refractivity contribution in [2.45, 2.75) is 0 Å². The zero-order valence-electron chi connectivity index (χ0n) is 33.2. The van der Waals surface area contributed by atoms with Gasteiger partial charge < -0.3 is 18.3 Å². The van der Waals surface area contributed by atoms with Crippen LogP contribution >= 0.6 is 0 Å².